The molecule has 23 heavy (non-hydrogen) atoms. The molecule has 6 nitrogen and oxygen atoms in total. The number of aliphatic carboxylic acids is 1. The van der Waals surface area contributed by atoms with Crippen LogP contribution in [0.3, 0.4) is 0 Å². The Hall–Kier alpha value is -2.37. The first-order valence-electron chi connectivity index (χ1n) is 7.84. The molecule has 0 radical (unpaired) electrons. The van der Waals surface area contributed by atoms with Crippen LogP contribution in [0.1, 0.15) is 38.8 Å². The van der Waals surface area contributed by atoms with E-state index in [0.29, 0.717) is 18.5 Å². The Morgan fingerprint density at radius 3 is 2.52 bits per heavy atom. The van der Waals surface area contributed by atoms with Gasteiger partial charge in [0.05, 0.1) is 24.1 Å². The quantitative estimate of drug-likeness (QED) is 0.820. The number of carboxylic acids is 1. The van der Waals surface area contributed by atoms with Crippen LogP contribution in [0.5, 0.6) is 0 Å². The van der Waals surface area contributed by atoms with Crippen molar-refractivity contribution < 1.29 is 14.7 Å². The summed E-state index contributed by atoms with van der Waals surface area (Å²) in [5, 5.41) is 17.4. The third-order valence-corrected chi connectivity index (χ3v) is 4.41. The van der Waals surface area contributed by atoms with Crippen molar-refractivity contribution in [3.63, 3.8) is 0 Å². The topological polar surface area (TPSA) is 84.2 Å². The van der Waals surface area contributed by atoms with E-state index in [0.717, 1.165) is 10.9 Å². The van der Waals surface area contributed by atoms with Gasteiger partial charge in [-0.1, -0.05) is 32.0 Å². The summed E-state index contributed by atoms with van der Waals surface area (Å²) in [4.78, 5) is 23.5. The first-order valence-corrected chi connectivity index (χ1v) is 7.84. The average Bonchev–Trinajstić information content (AvgIpc) is 2.82. The lowest BCUT2D eigenvalue weighted by atomic mass is 9.88. The van der Waals surface area contributed by atoms with E-state index in [1.165, 1.54) is 0 Å². The summed E-state index contributed by atoms with van der Waals surface area (Å²) in [6, 6.07) is 7.74. The zero-order valence-electron chi connectivity index (χ0n) is 13.8. The molecule has 1 amide bonds. The maximum absolute atomic E-state index is 12.4. The number of benzene rings is 1. The fraction of sp³-hybridized carbons (Fsp3) is 0.471. The number of amides is 1. The minimum atomic E-state index is -0.905. The number of rotatable bonds is 7. The van der Waals surface area contributed by atoms with Crippen molar-refractivity contribution in [2.45, 2.75) is 45.1 Å². The maximum Gasteiger partial charge on any atom is 0.305 e. The van der Waals surface area contributed by atoms with Gasteiger partial charge < -0.3 is 10.4 Å². The van der Waals surface area contributed by atoms with Gasteiger partial charge >= 0.3 is 5.97 Å². The number of carbonyl (C=O) groups is 2. The molecular weight excluding hydrogens is 294 g/mol. The van der Waals surface area contributed by atoms with Crippen LogP contribution in [-0.2, 0) is 23.1 Å². The van der Waals surface area contributed by atoms with Crippen molar-refractivity contribution in [3.05, 3.63) is 30.0 Å². The molecule has 0 fully saturated rings. The monoisotopic (exact) mass is 317 g/mol. The molecule has 2 N–H and O–H groups in total. The van der Waals surface area contributed by atoms with Gasteiger partial charge in [-0.2, -0.15) is 5.10 Å². The molecule has 0 saturated carbocycles. The smallest absolute Gasteiger partial charge is 0.305 e. The number of aryl methyl sites for hydroxylation is 1. The number of carboxylic acid groups (broad SMARTS) is 1. The van der Waals surface area contributed by atoms with Crippen LogP contribution in [0.2, 0.25) is 0 Å². The molecule has 0 aliphatic heterocycles. The zero-order chi connectivity index (χ0) is 17.0. The van der Waals surface area contributed by atoms with E-state index in [9.17, 15) is 9.59 Å². The summed E-state index contributed by atoms with van der Waals surface area (Å²) in [7, 11) is 1.84. The highest BCUT2D eigenvalue weighted by atomic mass is 16.4. The van der Waals surface area contributed by atoms with Gasteiger partial charge in [-0.25, -0.2) is 0 Å². The average molecular weight is 317 g/mol. The number of fused-ring (bicyclic) bond motifs is 1. The molecule has 124 valence electrons. The summed E-state index contributed by atoms with van der Waals surface area (Å²) >= 11 is 0. The van der Waals surface area contributed by atoms with Crippen molar-refractivity contribution in [3.8, 4) is 0 Å². The van der Waals surface area contributed by atoms with E-state index in [1.807, 2.05) is 45.2 Å². The van der Waals surface area contributed by atoms with Gasteiger partial charge in [0.25, 0.3) is 0 Å². The standard InChI is InChI=1S/C17H23N3O3/c1-4-17(5-2,11-16(22)23)18-15(21)10-13-12-8-6-7-9-14(12)20(3)19-13/h6-9H,4-5,10-11H2,1-3H3,(H,18,21)(H,22,23). The minimum Gasteiger partial charge on any atom is -0.481 e. The SMILES string of the molecule is CCC(CC)(CC(=O)O)NC(=O)Cc1nn(C)c2ccccc12. The van der Waals surface area contributed by atoms with Gasteiger partial charge in [-0.15, -0.1) is 0 Å². The Labute approximate surface area is 135 Å². The van der Waals surface area contributed by atoms with Crippen molar-refractivity contribution in [1.82, 2.24) is 15.1 Å². The van der Waals surface area contributed by atoms with Gasteiger partial charge in [0.15, 0.2) is 0 Å². The number of aromatic nitrogens is 2. The number of hydrogen-bond donors (Lipinski definition) is 2. The number of nitrogens with one attached hydrogen (secondary N) is 1. The first kappa shape index (κ1) is 17.0. The van der Waals surface area contributed by atoms with Gasteiger partial charge in [-0.3, -0.25) is 14.3 Å². The Balaban J connectivity index is 2.18. The second-order valence-corrected chi connectivity index (χ2v) is 5.87. The highest BCUT2D eigenvalue weighted by Crippen LogP contribution is 2.21. The van der Waals surface area contributed by atoms with Crippen LogP contribution >= 0.6 is 0 Å². The number of para-hydroxylation sites is 1. The molecule has 0 aliphatic rings. The summed E-state index contributed by atoms with van der Waals surface area (Å²) in [6.45, 7) is 3.78. The van der Waals surface area contributed by atoms with Crippen molar-refractivity contribution in [1.29, 1.82) is 0 Å². The van der Waals surface area contributed by atoms with E-state index in [-0.39, 0.29) is 18.7 Å². The summed E-state index contributed by atoms with van der Waals surface area (Å²) in [5.41, 5.74) is 0.975. The van der Waals surface area contributed by atoms with Crippen LogP contribution < -0.4 is 5.32 Å². The van der Waals surface area contributed by atoms with Crippen molar-refractivity contribution >= 4 is 22.8 Å². The Bertz CT molecular complexity index is 717. The summed E-state index contributed by atoms with van der Waals surface area (Å²) in [5.74, 6) is -1.10. The van der Waals surface area contributed by atoms with Crippen LogP contribution in [0, 0.1) is 0 Å². The molecule has 0 atom stereocenters. The van der Waals surface area contributed by atoms with Crippen molar-refractivity contribution in [2.75, 3.05) is 0 Å². The normalized spacial score (nSPS) is 11.6. The number of nitrogens with zero attached hydrogens (tertiary/aromatic N) is 2. The van der Waals surface area contributed by atoms with Gasteiger partial charge in [0.2, 0.25) is 5.91 Å². The lowest BCUT2D eigenvalue weighted by Crippen LogP contribution is -2.49. The van der Waals surface area contributed by atoms with Crippen LogP contribution in [0.4, 0.5) is 0 Å². The molecule has 6 heteroatoms. The summed E-state index contributed by atoms with van der Waals surface area (Å²) < 4.78 is 1.75. The van der Waals surface area contributed by atoms with E-state index in [1.54, 1.807) is 4.68 Å². The van der Waals surface area contributed by atoms with Crippen molar-refractivity contribution in [2.24, 2.45) is 7.05 Å². The lowest BCUT2D eigenvalue weighted by Gasteiger charge is -2.31. The molecule has 1 aromatic heterocycles. The summed E-state index contributed by atoms with van der Waals surface area (Å²) in [6.07, 6.45) is 1.21. The van der Waals surface area contributed by atoms with Gasteiger partial charge in [-0.05, 0) is 18.9 Å². The second-order valence-electron chi connectivity index (χ2n) is 5.87. The van der Waals surface area contributed by atoms with Gasteiger partial charge in [0.1, 0.15) is 0 Å². The van der Waals surface area contributed by atoms with Gasteiger partial charge in [0, 0.05) is 18.0 Å². The van der Waals surface area contributed by atoms with E-state index in [4.69, 9.17) is 5.11 Å². The Morgan fingerprint density at radius 1 is 1.26 bits per heavy atom. The fourth-order valence-electron chi connectivity index (χ4n) is 2.92. The Kier molecular flexibility index (Phi) is 5.03. The Morgan fingerprint density at radius 2 is 1.91 bits per heavy atom. The lowest BCUT2D eigenvalue weighted by molar-refractivity contribution is -0.139. The predicted octanol–water partition coefficient (Wildman–Crippen LogP) is 2.27. The molecule has 2 aromatic rings. The molecule has 0 saturated heterocycles. The first-order chi connectivity index (χ1) is 10.9. The van der Waals surface area contributed by atoms with E-state index >= 15 is 0 Å². The molecule has 1 aromatic carbocycles. The molecule has 0 unspecified atom stereocenters. The zero-order valence-corrected chi connectivity index (χ0v) is 13.8. The van der Waals surface area contributed by atoms with E-state index < -0.39 is 11.5 Å². The second kappa shape index (κ2) is 6.81. The highest BCUT2D eigenvalue weighted by Gasteiger charge is 2.31. The van der Waals surface area contributed by atoms with Crippen LogP contribution in [0.25, 0.3) is 10.9 Å². The number of carbonyl (C=O) groups excluding carboxylic acids is 1. The van der Waals surface area contributed by atoms with Crippen LogP contribution in [0.15, 0.2) is 24.3 Å². The predicted molar refractivity (Wildman–Crippen MR) is 88.1 cm³/mol. The highest BCUT2D eigenvalue weighted by molar-refractivity contribution is 5.88. The minimum absolute atomic E-state index is 0.0747. The maximum atomic E-state index is 12.4. The third-order valence-electron chi connectivity index (χ3n) is 4.41. The molecule has 0 bridgehead atoms. The third kappa shape index (κ3) is 3.70. The fourth-order valence-corrected chi connectivity index (χ4v) is 2.92. The molecule has 1 heterocycles. The largest absolute Gasteiger partial charge is 0.481 e. The van der Waals surface area contributed by atoms with Crippen LogP contribution in [-0.4, -0.2) is 32.3 Å². The molecular formula is C17H23N3O3. The number of hydrogen-bond acceptors (Lipinski definition) is 3. The molecule has 0 aliphatic carbocycles. The van der Waals surface area contributed by atoms with E-state index in [2.05, 4.69) is 10.4 Å². The molecule has 2 rings (SSSR count). The molecule has 0 spiro atoms.